The molecular weight excluding hydrogens is 528 g/mol. The summed E-state index contributed by atoms with van der Waals surface area (Å²) < 4.78 is 0.226. The Morgan fingerprint density at radius 2 is 1.75 bits per heavy atom. The van der Waals surface area contributed by atoms with Gasteiger partial charge in [0.1, 0.15) is 18.2 Å². The van der Waals surface area contributed by atoms with Crippen LogP contribution in [-0.4, -0.2) is 101 Å². The number of carbonyl (C=O) groups excluding carboxylic acids is 3. The average molecular weight is 565 g/mol. The molecule has 5 atom stereocenters. The summed E-state index contributed by atoms with van der Waals surface area (Å²) in [7, 11) is 0. The lowest BCUT2D eigenvalue weighted by Crippen LogP contribution is -2.53. The fourth-order valence-corrected chi connectivity index (χ4v) is 9.19. The molecule has 11 heteroatoms. The Kier molecular flexibility index (Phi) is 6.98. The number of fused-ring (bicyclic) bond motifs is 3. The maximum Gasteiger partial charge on any atom is 0.248 e. The molecule has 0 aliphatic carbocycles. The Labute approximate surface area is 238 Å². The first-order chi connectivity index (χ1) is 19.3. The van der Waals surface area contributed by atoms with Gasteiger partial charge in [0.25, 0.3) is 0 Å². The van der Waals surface area contributed by atoms with Crippen LogP contribution in [0.2, 0.25) is 0 Å². The van der Waals surface area contributed by atoms with Crippen molar-refractivity contribution in [1.29, 1.82) is 0 Å². The molecule has 1 N–H and O–H groups in total. The molecule has 1 aromatic carbocycles. The van der Waals surface area contributed by atoms with Crippen LogP contribution < -0.4 is 0 Å². The molecule has 1 spiro atoms. The number of rotatable bonds is 8. The second-order valence-corrected chi connectivity index (χ2v) is 13.1. The summed E-state index contributed by atoms with van der Waals surface area (Å²) >= 11 is 1.60. The monoisotopic (exact) mass is 564 g/mol. The van der Waals surface area contributed by atoms with Gasteiger partial charge in [-0.2, -0.15) is 0 Å². The lowest BCUT2D eigenvalue weighted by atomic mass is 9.74. The van der Waals surface area contributed by atoms with Crippen molar-refractivity contribution < 1.29 is 19.5 Å². The molecule has 40 heavy (non-hydrogen) atoms. The van der Waals surface area contributed by atoms with E-state index in [0.29, 0.717) is 39.0 Å². The van der Waals surface area contributed by atoms with Crippen molar-refractivity contribution in [3.8, 4) is 0 Å². The summed E-state index contributed by atoms with van der Waals surface area (Å²) in [6.07, 6.45) is 10.1. The van der Waals surface area contributed by atoms with E-state index in [1.54, 1.807) is 26.2 Å². The summed E-state index contributed by atoms with van der Waals surface area (Å²) in [6.45, 7) is 6.20. The molecular formula is C29H36N6O4S. The molecule has 1 unspecified atom stereocenters. The number of nitrogens with zero attached hydrogens (tertiary/aromatic N) is 6. The molecule has 4 aliphatic heterocycles. The van der Waals surface area contributed by atoms with Crippen LogP contribution in [0.15, 0.2) is 48.6 Å². The SMILES string of the molecule is CCCN1CC=C[C@]2(C)S[C@]34C=CCN(Cn5nnc6ccccc65)C(=O)C3N(CCCCO)C(=O)[C@@H]4[C@@H]2C1=O. The molecule has 6 rings (SSSR count). The Morgan fingerprint density at radius 1 is 0.975 bits per heavy atom. The van der Waals surface area contributed by atoms with Gasteiger partial charge in [0, 0.05) is 37.5 Å². The maximum atomic E-state index is 14.5. The molecule has 0 bridgehead atoms. The van der Waals surface area contributed by atoms with Crippen LogP contribution in [0.5, 0.6) is 0 Å². The number of aromatic nitrogens is 3. The first kappa shape index (κ1) is 27.0. The lowest BCUT2D eigenvalue weighted by molar-refractivity contribution is -0.145. The zero-order valence-corrected chi connectivity index (χ0v) is 23.8. The number of carbonyl (C=O) groups is 3. The second kappa shape index (κ2) is 10.3. The molecule has 3 amide bonds. The summed E-state index contributed by atoms with van der Waals surface area (Å²) in [5.41, 5.74) is 1.58. The number of aliphatic hydroxyl groups is 1. The molecule has 1 aromatic heterocycles. The first-order valence-electron chi connectivity index (χ1n) is 14.2. The summed E-state index contributed by atoms with van der Waals surface area (Å²) in [4.78, 5) is 48.2. The van der Waals surface area contributed by atoms with Gasteiger partial charge in [0.2, 0.25) is 17.7 Å². The number of aliphatic hydroxyl groups excluding tert-OH is 1. The number of hydrogen-bond donors (Lipinski definition) is 1. The molecule has 2 aromatic rings. The number of para-hydroxylation sites is 1. The molecule has 0 saturated carbocycles. The Hall–Kier alpha value is -3.18. The maximum absolute atomic E-state index is 14.5. The van der Waals surface area contributed by atoms with Gasteiger partial charge in [-0.3, -0.25) is 14.4 Å². The van der Waals surface area contributed by atoms with Crippen LogP contribution in [0, 0.1) is 11.8 Å². The molecule has 4 aliphatic rings. The van der Waals surface area contributed by atoms with Crippen LogP contribution in [0.1, 0.15) is 33.1 Å². The van der Waals surface area contributed by atoms with Crippen LogP contribution >= 0.6 is 11.8 Å². The Bertz CT molecular complexity index is 1390. The van der Waals surface area contributed by atoms with Crippen LogP contribution in [0.3, 0.4) is 0 Å². The third kappa shape index (κ3) is 4.08. The molecule has 5 heterocycles. The van der Waals surface area contributed by atoms with Gasteiger partial charge in [-0.1, -0.05) is 48.6 Å². The van der Waals surface area contributed by atoms with Crippen molar-refractivity contribution in [3.05, 3.63) is 48.6 Å². The van der Waals surface area contributed by atoms with Gasteiger partial charge >= 0.3 is 0 Å². The van der Waals surface area contributed by atoms with Gasteiger partial charge in [0.05, 0.1) is 22.1 Å². The summed E-state index contributed by atoms with van der Waals surface area (Å²) in [5.74, 6) is -1.52. The highest BCUT2D eigenvalue weighted by Crippen LogP contribution is 2.65. The topological polar surface area (TPSA) is 112 Å². The van der Waals surface area contributed by atoms with E-state index in [4.69, 9.17) is 0 Å². The van der Waals surface area contributed by atoms with Crippen molar-refractivity contribution in [2.24, 2.45) is 11.8 Å². The zero-order valence-electron chi connectivity index (χ0n) is 23.0. The standard InChI is InChI=1S/C29H36N6O4S/c1-3-14-32-15-8-12-28(2)22(25(32)37)23-26(38)34(17-6-7-18-36)24-27(39)33(16-9-13-29(23,24)40-28)19-35-21-11-5-4-10-20(21)30-31-35/h4-5,8-13,22-24,36H,3,6-7,14-19H2,1-2H3/t22-,23+,24?,28+,29+/m1/s1. The van der Waals surface area contributed by atoms with Crippen LogP contribution in [-0.2, 0) is 21.1 Å². The second-order valence-electron chi connectivity index (χ2n) is 11.3. The molecule has 212 valence electrons. The number of unbranched alkanes of at least 4 members (excludes halogenated alkanes) is 1. The van der Waals surface area contributed by atoms with Gasteiger partial charge in [-0.25, -0.2) is 4.68 Å². The van der Waals surface area contributed by atoms with E-state index in [1.807, 2.05) is 61.2 Å². The predicted molar refractivity (Wildman–Crippen MR) is 152 cm³/mol. The minimum Gasteiger partial charge on any atom is -0.396 e. The van der Waals surface area contributed by atoms with Crippen LogP contribution in [0.25, 0.3) is 11.0 Å². The van der Waals surface area contributed by atoms with E-state index >= 15 is 0 Å². The Balaban J connectivity index is 1.40. The molecule has 0 radical (unpaired) electrons. The van der Waals surface area contributed by atoms with Crippen LogP contribution in [0.4, 0.5) is 0 Å². The fourth-order valence-electron chi connectivity index (χ4n) is 7.03. The van der Waals surface area contributed by atoms with Gasteiger partial charge < -0.3 is 19.8 Å². The zero-order chi connectivity index (χ0) is 28.1. The third-order valence-corrected chi connectivity index (χ3v) is 10.5. The van der Waals surface area contributed by atoms with E-state index in [1.165, 1.54) is 0 Å². The van der Waals surface area contributed by atoms with E-state index in [0.717, 1.165) is 17.5 Å². The van der Waals surface area contributed by atoms with Crippen molar-refractivity contribution in [3.63, 3.8) is 0 Å². The third-order valence-electron chi connectivity index (χ3n) is 8.75. The normalized spacial score (nSPS) is 31.5. The van der Waals surface area contributed by atoms with Gasteiger partial charge in [0.15, 0.2) is 0 Å². The fraction of sp³-hybridized carbons (Fsp3) is 0.552. The quantitative estimate of drug-likeness (QED) is 0.386. The van der Waals surface area contributed by atoms with Gasteiger partial charge in [-0.05, 0) is 38.3 Å². The minimum absolute atomic E-state index is 0.0101. The number of amides is 3. The highest BCUT2D eigenvalue weighted by Gasteiger charge is 2.73. The highest BCUT2D eigenvalue weighted by atomic mass is 32.2. The number of hydrogen-bond acceptors (Lipinski definition) is 7. The number of thioether (sulfide) groups is 1. The molecule has 2 fully saturated rings. The number of benzene rings is 1. The van der Waals surface area contributed by atoms with E-state index in [-0.39, 0.29) is 31.0 Å². The largest absolute Gasteiger partial charge is 0.396 e. The van der Waals surface area contributed by atoms with Crippen molar-refractivity contribution >= 4 is 40.5 Å². The smallest absolute Gasteiger partial charge is 0.248 e. The van der Waals surface area contributed by atoms with Gasteiger partial charge in [-0.15, -0.1) is 16.9 Å². The van der Waals surface area contributed by atoms with E-state index < -0.39 is 27.4 Å². The van der Waals surface area contributed by atoms with Crippen molar-refractivity contribution in [1.82, 2.24) is 29.7 Å². The summed E-state index contributed by atoms with van der Waals surface area (Å²) in [6, 6.07) is 6.86. The first-order valence-corrected chi connectivity index (χ1v) is 15.0. The summed E-state index contributed by atoms with van der Waals surface area (Å²) in [5, 5.41) is 18.0. The molecule has 2 saturated heterocycles. The number of likely N-dealkylation sites (tertiary alicyclic amines) is 1. The van der Waals surface area contributed by atoms with Crippen molar-refractivity contribution in [2.45, 2.75) is 55.3 Å². The predicted octanol–water partition coefficient (Wildman–Crippen LogP) is 2.06. The molecule has 10 nitrogen and oxygen atoms in total. The highest BCUT2D eigenvalue weighted by molar-refractivity contribution is 8.02. The lowest BCUT2D eigenvalue weighted by Gasteiger charge is -2.36. The Morgan fingerprint density at radius 3 is 2.55 bits per heavy atom. The van der Waals surface area contributed by atoms with Crippen molar-refractivity contribution in [2.75, 3.05) is 32.8 Å². The average Bonchev–Trinajstić information content (AvgIpc) is 3.47. The van der Waals surface area contributed by atoms with E-state index in [9.17, 15) is 19.5 Å². The van der Waals surface area contributed by atoms with E-state index in [2.05, 4.69) is 16.4 Å². The minimum atomic E-state index is -0.874.